The highest BCUT2D eigenvalue weighted by atomic mass is 35.5. The van der Waals surface area contributed by atoms with Crippen LogP contribution in [0, 0.1) is 0 Å². The molecule has 0 radical (unpaired) electrons. The lowest BCUT2D eigenvalue weighted by Gasteiger charge is -2.09. The highest BCUT2D eigenvalue weighted by Gasteiger charge is 2.13. The summed E-state index contributed by atoms with van der Waals surface area (Å²) in [5, 5.41) is 5.54. The normalized spacial score (nSPS) is 10.3. The SMILES string of the molecule is CCCCOC(=O)c1cccc(NC(=O)CCC(=O)OCC(=O)Nc2cccc(Cl)c2Cl)c1. The zero-order chi connectivity index (χ0) is 24.2. The lowest BCUT2D eigenvalue weighted by atomic mass is 10.2. The van der Waals surface area contributed by atoms with Gasteiger partial charge in [0.25, 0.3) is 5.91 Å². The maximum atomic E-state index is 12.1. The Morgan fingerprint density at radius 2 is 1.67 bits per heavy atom. The molecular formula is C23H24Cl2N2O6. The Bertz CT molecular complexity index is 1010. The number of amides is 2. The maximum absolute atomic E-state index is 12.1. The number of hydrogen-bond acceptors (Lipinski definition) is 6. The Morgan fingerprint density at radius 1 is 0.909 bits per heavy atom. The molecule has 0 aromatic heterocycles. The lowest BCUT2D eigenvalue weighted by molar-refractivity contribution is -0.147. The van der Waals surface area contributed by atoms with Gasteiger partial charge >= 0.3 is 11.9 Å². The van der Waals surface area contributed by atoms with E-state index in [1.807, 2.05) is 6.92 Å². The quantitative estimate of drug-likeness (QED) is 0.341. The molecule has 0 aliphatic heterocycles. The minimum atomic E-state index is -0.717. The van der Waals surface area contributed by atoms with Crippen molar-refractivity contribution in [2.75, 3.05) is 23.8 Å². The molecule has 10 heteroatoms. The molecule has 0 saturated heterocycles. The second kappa shape index (κ2) is 13.4. The molecule has 0 aliphatic carbocycles. The summed E-state index contributed by atoms with van der Waals surface area (Å²) in [4.78, 5) is 47.9. The maximum Gasteiger partial charge on any atom is 0.338 e. The fourth-order valence-electron chi connectivity index (χ4n) is 2.56. The Kier molecular flexibility index (Phi) is 10.7. The molecule has 2 rings (SSSR count). The van der Waals surface area contributed by atoms with E-state index in [2.05, 4.69) is 10.6 Å². The largest absolute Gasteiger partial charge is 0.462 e. The molecule has 176 valence electrons. The van der Waals surface area contributed by atoms with E-state index in [-0.39, 0.29) is 22.9 Å². The van der Waals surface area contributed by atoms with Gasteiger partial charge in [-0.3, -0.25) is 14.4 Å². The van der Waals surface area contributed by atoms with Gasteiger partial charge in [-0.25, -0.2) is 4.79 Å². The first-order valence-electron chi connectivity index (χ1n) is 10.3. The van der Waals surface area contributed by atoms with Crippen LogP contribution in [0.2, 0.25) is 10.0 Å². The molecule has 0 aliphatic rings. The molecule has 2 N–H and O–H groups in total. The monoisotopic (exact) mass is 494 g/mol. The van der Waals surface area contributed by atoms with Gasteiger partial charge in [0.1, 0.15) is 0 Å². The smallest absolute Gasteiger partial charge is 0.338 e. The first-order valence-corrected chi connectivity index (χ1v) is 11.0. The number of anilines is 2. The predicted molar refractivity (Wildman–Crippen MR) is 126 cm³/mol. The molecule has 2 aromatic carbocycles. The first kappa shape index (κ1) is 26.2. The number of nitrogens with one attached hydrogen (secondary N) is 2. The van der Waals surface area contributed by atoms with Crippen LogP contribution in [0.4, 0.5) is 11.4 Å². The summed E-state index contributed by atoms with van der Waals surface area (Å²) < 4.78 is 10.0. The number of carbonyl (C=O) groups excluding carboxylic acids is 4. The van der Waals surface area contributed by atoms with Gasteiger partial charge in [0, 0.05) is 12.1 Å². The van der Waals surface area contributed by atoms with Gasteiger partial charge in [-0.05, 0) is 36.8 Å². The Hall–Kier alpha value is -3.10. The van der Waals surface area contributed by atoms with Crippen molar-refractivity contribution in [3.8, 4) is 0 Å². The number of benzene rings is 2. The summed E-state index contributed by atoms with van der Waals surface area (Å²) in [6.45, 7) is 1.79. The third-order valence-corrected chi connectivity index (χ3v) is 5.08. The first-order chi connectivity index (χ1) is 15.8. The van der Waals surface area contributed by atoms with Crippen LogP contribution < -0.4 is 10.6 Å². The molecular weight excluding hydrogens is 471 g/mol. The summed E-state index contributed by atoms with van der Waals surface area (Å²) in [6.07, 6.45) is 1.29. The number of carbonyl (C=O) groups is 4. The third-order valence-electron chi connectivity index (χ3n) is 4.26. The van der Waals surface area contributed by atoms with Gasteiger partial charge in [-0.2, -0.15) is 0 Å². The fourth-order valence-corrected chi connectivity index (χ4v) is 2.91. The summed E-state index contributed by atoms with van der Waals surface area (Å²) in [7, 11) is 0. The van der Waals surface area contributed by atoms with E-state index in [9.17, 15) is 19.2 Å². The van der Waals surface area contributed by atoms with Crippen molar-refractivity contribution in [2.24, 2.45) is 0 Å². The molecule has 2 aromatic rings. The van der Waals surface area contributed by atoms with Crippen LogP contribution in [0.5, 0.6) is 0 Å². The van der Waals surface area contributed by atoms with Crippen molar-refractivity contribution in [1.29, 1.82) is 0 Å². The van der Waals surface area contributed by atoms with E-state index in [0.717, 1.165) is 12.8 Å². The number of rotatable bonds is 11. The van der Waals surface area contributed by atoms with Crippen molar-refractivity contribution in [3.05, 3.63) is 58.1 Å². The summed E-state index contributed by atoms with van der Waals surface area (Å²) >= 11 is 11.9. The zero-order valence-electron chi connectivity index (χ0n) is 18.0. The van der Waals surface area contributed by atoms with E-state index >= 15 is 0 Å². The van der Waals surface area contributed by atoms with Crippen LogP contribution in [-0.2, 0) is 23.9 Å². The average Bonchev–Trinajstić information content (AvgIpc) is 2.79. The second-order valence-electron chi connectivity index (χ2n) is 6.93. The van der Waals surface area contributed by atoms with Gasteiger partial charge in [0.2, 0.25) is 5.91 Å². The topological polar surface area (TPSA) is 111 Å². The van der Waals surface area contributed by atoms with Crippen molar-refractivity contribution >= 4 is 58.3 Å². The molecule has 8 nitrogen and oxygen atoms in total. The van der Waals surface area contributed by atoms with Crippen LogP contribution in [0.15, 0.2) is 42.5 Å². The Morgan fingerprint density at radius 3 is 2.42 bits per heavy atom. The molecule has 0 heterocycles. The van der Waals surface area contributed by atoms with Crippen molar-refractivity contribution in [3.63, 3.8) is 0 Å². The van der Waals surface area contributed by atoms with Gasteiger partial charge in [0.05, 0.1) is 34.3 Å². The zero-order valence-corrected chi connectivity index (χ0v) is 19.5. The average molecular weight is 495 g/mol. The summed E-state index contributed by atoms with van der Waals surface area (Å²) in [5.41, 5.74) is 1.01. The minimum Gasteiger partial charge on any atom is -0.462 e. The van der Waals surface area contributed by atoms with Crippen molar-refractivity contribution in [1.82, 2.24) is 0 Å². The summed E-state index contributed by atoms with van der Waals surface area (Å²) in [6, 6.07) is 11.0. The molecule has 0 bridgehead atoms. The van der Waals surface area contributed by atoms with Gasteiger partial charge in [-0.15, -0.1) is 0 Å². The van der Waals surface area contributed by atoms with Gasteiger partial charge in [-0.1, -0.05) is 48.7 Å². The molecule has 2 amide bonds. The van der Waals surface area contributed by atoms with Crippen LogP contribution >= 0.6 is 23.2 Å². The van der Waals surface area contributed by atoms with E-state index in [1.54, 1.807) is 36.4 Å². The van der Waals surface area contributed by atoms with Crippen molar-refractivity contribution < 1.29 is 28.7 Å². The number of hydrogen-bond donors (Lipinski definition) is 2. The van der Waals surface area contributed by atoms with E-state index in [1.165, 1.54) is 6.07 Å². The molecule has 0 unspecified atom stereocenters. The number of esters is 2. The van der Waals surface area contributed by atoms with E-state index in [0.29, 0.717) is 23.5 Å². The van der Waals surface area contributed by atoms with Crippen LogP contribution in [0.3, 0.4) is 0 Å². The lowest BCUT2D eigenvalue weighted by Crippen LogP contribution is -2.22. The van der Waals surface area contributed by atoms with Gasteiger partial charge < -0.3 is 20.1 Å². The number of unbranched alkanes of at least 4 members (excludes halogenated alkanes) is 1. The third kappa shape index (κ3) is 9.11. The highest BCUT2D eigenvalue weighted by molar-refractivity contribution is 6.44. The molecule has 33 heavy (non-hydrogen) atoms. The Labute approximate surface area is 201 Å². The molecule has 0 fully saturated rings. The standard InChI is InChI=1S/C23H24Cl2N2O6/c1-2-3-12-32-23(31)15-6-4-7-16(13-15)26-19(28)10-11-21(30)33-14-20(29)27-18-9-5-8-17(24)22(18)25/h4-9,13H,2-3,10-12,14H2,1H3,(H,26,28)(H,27,29). The Balaban J connectivity index is 1.74. The fraction of sp³-hybridized carbons (Fsp3) is 0.304. The summed E-state index contributed by atoms with van der Waals surface area (Å²) in [5.74, 6) is -2.23. The molecule has 0 spiro atoms. The van der Waals surface area contributed by atoms with Crippen molar-refractivity contribution in [2.45, 2.75) is 32.6 Å². The van der Waals surface area contributed by atoms with E-state index in [4.69, 9.17) is 32.7 Å². The highest BCUT2D eigenvalue weighted by Crippen LogP contribution is 2.29. The predicted octanol–water partition coefficient (Wildman–Crippen LogP) is 4.85. The number of ether oxygens (including phenoxy) is 2. The number of halogens is 2. The van der Waals surface area contributed by atoms with Crippen LogP contribution in [-0.4, -0.2) is 37.0 Å². The molecule has 0 atom stereocenters. The van der Waals surface area contributed by atoms with Gasteiger partial charge in [0.15, 0.2) is 6.61 Å². The molecule has 0 saturated carbocycles. The second-order valence-corrected chi connectivity index (χ2v) is 7.71. The van der Waals surface area contributed by atoms with E-state index < -0.39 is 30.4 Å². The van der Waals surface area contributed by atoms with Crippen LogP contribution in [0.1, 0.15) is 43.0 Å². The van der Waals surface area contributed by atoms with Crippen LogP contribution in [0.25, 0.3) is 0 Å². The minimum absolute atomic E-state index is 0.161.